The number of halogens is 1. The zero-order valence-electron chi connectivity index (χ0n) is 11.2. The summed E-state index contributed by atoms with van der Waals surface area (Å²) >= 11 is 0. The summed E-state index contributed by atoms with van der Waals surface area (Å²) < 4.78 is 39.8. The third kappa shape index (κ3) is 3.89. The fraction of sp³-hybridized carbons (Fsp3) is 0.500. The number of rotatable bonds is 5. The number of benzene rings is 1. The number of nitrogens with two attached hydrogens (primary N) is 1. The lowest BCUT2D eigenvalue weighted by atomic mass is 9.96. The van der Waals surface area contributed by atoms with E-state index in [1.165, 1.54) is 6.92 Å². The van der Waals surface area contributed by atoms with Gasteiger partial charge < -0.3 is 10.8 Å². The van der Waals surface area contributed by atoms with Gasteiger partial charge in [0, 0.05) is 18.6 Å². The maximum Gasteiger partial charge on any atom is 0.240 e. The van der Waals surface area contributed by atoms with Crippen LogP contribution < -0.4 is 10.5 Å². The highest BCUT2D eigenvalue weighted by Crippen LogP contribution is 2.22. The van der Waals surface area contributed by atoms with Crippen molar-refractivity contribution in [2.45, 2.75) is 25.7 Å². The van der Waals surface area contributed by atoms with Gasteiger partial charge >= 0.3 is 0 Å². The Balaban J connectivity index is 3.05. The molecule has 0 heterocycles. The van der Waals surface area contributed by atoms with Crippen LogP contribution >= 0.6 is 0 Å². The fourth-order valence-electron chi connectivity index (χ4n) is 1.38. The van der Waals surface area contributed by atoms with E-state index >= 15 is 0 Å². The van der Waals surface area contributed by atoms with E-state index in [9.17, 15) is 12.8 Å². The first-order valence-electron chi connectivity index (χ1n) is 5.75. The Morgan fingerprint density at radius 1 is 1.42 bits per heavy atom. The van der Waals surface area contributed by atoms with Crippen molar-refractivity contribution in [2.75, 3.05) is 18.9 Å². The van der Waals surface area contributed by atoms with Gasteiger partial charge in [-0.3, -0.25) is 0 Å². The minimum Gasteiger partial charge on any atom is -0.396 e. The number of nitrogens with one attached hydrogen (secondary N) is 1. The summed E-state index contributed by atoms with van der Waals surface area (Å²) in [7, 11) is -3.78. The molecule has 0 unspecified atom stereocenters. The number of aliphatic hydroxyl groups excluding tert-OH is 1. The molecule has 1 aromatic rings. The van der Waals surface area contributed by atoms with Gasteiger partial charge in [0.05, 0.1) is 10.6 Å². The summed E-state index contributed by atoms with van der Waals surface area (Å²) in [5.74, 6) is -0.646. The Labute approximate surface area is 112 Å². The molecule has 5 nitrogen and oxygen atoms in total. The van der Waals surface area contributed by atoms with E-state index in [0.29, 0.717) is 0 Å². The molecule has 0 aliphatic carbocycles. The summed E-state index contributed by atoms with van der Waals surface area (Å²) in [5.41, 5.74) is 4.87. The van der Waals surface area contributed by atoms with Crippen molar-refractivity contribution >= 4 is 15.7 Å². The zero-order chi connectivity index (χ0) is 14.8. The highest BCUT2D eigenvalue weighted by molar-refractivity contribution is 7.89. The van der Waals surface area contributed by atoms with Crippen molar-refractivity contribution in [1.29, 1.82) is 0 Å². The van der Waals surface area contributed by atoms with Crippen molar-refractivity contribution in [3.63, 3.8) is 0 Å². The predicted octanol–water partition coefficient (Wildman–Crippen LogP) is 1.01. The van der Waals surface area contributed by atoms with Crippen LogP contribution in [0.15, 0.2) is 17.0 Å². The highest BCUT2D eigenvalue weighted by atomic mass is 32.2. The summed E-state index contributed by atoms with van der Waals surface area (Å²) in [6.45, 7) is 4.86. The summed E-state index contributed by atoms with van der Waals surface area (Å²) in [6.07, 6.45) is 0. The molecule has 0 atom stereocenters. The van der Waals surface area contributed by atoms with Gasteiger partial charge in [0.1, 0.15) is 5.82 Å². The third-order valence-electron chi connectivity index (χ3n) is 2.75. The molecule has 0 spiro atoms. The number of aliphatic hydroxyl groups is 1. The molecule has 1 rings (SSSR count). The van der Waals surface area contributed by atoms with Crippen molar-refractivity contribution in [2.24, 2.45) is 5.41 Å². The van der Waals surface area contributed by atoms with Gasteiger partial charge in [-0.25, -0.2) is 17.5 Å². The molecule has 0 bridgehead atoms. The van der Waals surface area contributed by atoms with Crippen LogP contribution in [0.5, 0.6) is 0 Å². The van der Waals surface area contributed by atoms with Crippen molar-refractivity contribution in [3.05, 3.63) is 23.5 Å². The lowest BCUT2D eigenvalue weighted by Crippen LogP contribution is -2.36. The van der Waals surface area contributed by atoms with E-state index in [1.807, 2.05) is 0 Å². The fourth-order valence-corrected chi connectivity index (χ4v) is 2.88. The Hall–Kier alpha value is -1.18. The predicted molar refractivity (Wildman–Crippen MR) is 71.6 cm³/mol. The lowest BCUT2D eigenvalue weighted by Gasteiger charge is -2.22. The summed E-state index contributed by atoms with van der Waals surface area (Å²) in [4.78, 5) is -0.0554. The Morgan fingerprint density at radius 3 is 2.53 bits per heavy atom. The van der Waals surface area contributed by atoms with Crippen LogP contribution in [0.25, 0.3) is 0 Å². The number of sulfonamides is 1. The molecule has 0 amide bonds. The van der Waals surface area contributed by atoms with Crippen LogP contribution in [0, 0.1) is 18.2 Å². The zero-order valence-corrected chi connectivity index (χ0v) is 12.0. The number of hydrogen-bond acceptors (Lipinski definition) is 4. The van der Waals surface area contributed by atoms with Crippen LogP contribution in [0.1, 0.15) is 19.4 Å². The van der Waals surface area contributed by atoms with Crippen molar-refractivity contribution in [3.8, 4) is 0 Å². The van der Waals surface area contributed by atoms with E-state index in [1.54, 1.807) is 13.8 Å². The maximum absolute atomic E-state index is 13.2. The second kappa shape index (κ2) is 5.44. The van der Waals surface area contributed by atoms with Crippen LogP contribution in [0.3, 0.4) is 0 Å². The van der Waals surface area contributed by atoms with E-state index in [0.717, 1.165) is 12.1 Å². The largest absolute Gasteiger partial charge is 0.396 e. The first kappa shape index (κ1) is 15.9. The molecule has 0 aliphatic rings. The monoisotopic (exact) mass is 290 g/mol. The highest BCUT2D eigenvalue weighted by Gasteiger charge is 2.23. The van der Waals surface area contributed by atoms with E-state index in [2.05, 4.69) is 4.72 Å². The van der Waals surface area contributed by atoms with Gasteiger partial charge in [-0.15, -0.1) is 0 Å². The standard InChI is InChI=1S/C12H19FN2O3S/c1-8-4-9(13)10(14)5-11(8)19(17,18)15-6-12(2,3)7-16/h4-5,15-16H,6-7,14H2,1-3H3. The second-order valence-corrected chi connectivity index (χ2v) is 7.02. The van der Waals surface area contributed by atoms with Crippen LogP contribution in [-0.4, -0.2) is 26.7 Å². The van der Waals surface area contributed by atoms with Gasteiger partial charge in [0.15, 0.2) is 0 Å². The molecule has 4 N–H and O–H groups in total. The van der Waals surface area contributed by atoms with Gasteiger partial charge in [0.25, 0.3) is 0 Å². The minimum atomic E-state index is -3.78. The molecule has 0 saturated carbocycles. The minimum absolute atomic E-state index is 0.0554. The second-order valence-electron chi connectivity index (χ2n) is 5.29. The van der Waals surface area contributed by atoms with Gasteiger partial charge in [-0.2, -0.15) is 0 Å². The normalized spacial score (nSPS) is 12.7. The van der Waals surface area contributed by atoms with Crippen LogP contribution in [0.4, 0.5) is 10.1 Å². The molecule has 1 aromatic carbocycles. The smallest absolute Gasteiger partial charge is 0.240 e. The van der Waals surface area contributed by atoms with Gasteiger partial charge in [0.2, 0.25) is 10.0 Å². The van der Waals surface area contributed by atoms with E-state index in [4.69, 9.17) is 10.8 Å². The first-order chi connectivity index (χ1) is 8.59. The SMILES string of the molecule is Cc1cc(F)c(N)cc1S(=O)(=O)NCC(C)(C)CO. The van der Waals surface area contributed by atoms with E-state index in [-0.39, 0.29) is 29.3 Å². The molecule has 7 heteroatoms. The third-order valence-corrected chi connectivity index (χ3v) is 4.30. The number of nitrogen functional groups attached to an aromatic ring is 1. The number of anilines is 1. The quantitative estimate of drug-likeness (QED) is 0.706. The Bertz CT molecular complexity index is 571. The first-order valence-corrected chi connectivity index (χ1v) is 7.23. The molecule has 0 saturated heterocycles. The molecular weight excluding hydrogens is 271 g/mol. The average molecular weight is 290 g/mol. The van der Waals surface area contributed by atoms with Crippen molar-refractivity contribution in [1.82, 2.24) is 4.72 Å². The van der Waals surface area contributed by atoms with E-state index < -0.39 is 21.3 Å². The van der Waals surface area contributed by atoms with Crippen molar-refractivity contribution < 1.29 is 17.9 Å². The molecule has 0 aromatic heterocycles. The summed E-state index contributed by atoms with van der Waals surface area (Å²) in [5, 5.41) is 9.09. The molecule has 19 heavy (non-hydrogen) atoms. The maximum atomic E-state index is 13.2. The average Bonchev–Trinajstić information content (AvgIpc) is 2.31. The van der Waals surface area contributed by atoms with Crippen LogP contribution in [-0.2, 0) is 10.0 Å². The molecule has 108 valence electrons. The Morgan fingerprint density at radius 2 is 2.00 bits per heavy atom. The van der Waals surface area contributed by atoms with Gasteiger partial charge in [-0.1, -0.05) is 13.8 Å². The number of aryl methyl sites for hydroxylation is 1. The number of hydrogen-bond donors (Lipinski definition) is 3. The molecule has 0 fully saturated rings. The van der Waals surface area contributed by atoms with Gasteiger partial charge in [-0.05, 0) is 24.6 Å². The van der Waals surface area contributed by atoms with Crippen LogP contribution in [0.2, 0.25) is 0 Å². The molecular formula is C12H19FN2O3S. The topological polar surface area (TPSA) is 92.4 Å². The Kier molecular flexibility index (Phi) is 4.54. The molecule has 0 aliphatic heterocycles. The lowest BCUT2D eigenvalue weighted by molar-refractivity contribution is 0.163. The molecule has 0 radical (unpaired) electrons. The summed E-state index contributed by atoms with van der Waals surface area (Å²) in [6, 6.07) is 2.18.